The summed E-state index contributed by atoms with van der Waals surface area (Å²) in [6, 6.07) is 12.7. The van der Waals surface area contributed by atoms with Crippen LogP contribution in [0.15, 0.2) is 53.7 Å². The Labute approximate surface area is 118 Å². The van der Waals surface area contributed by atoms with Gasteiger partial charge in [-0.3, -0.25) is 20.1 Å². The molecule has 5 nitrogen and oxygen atoms in total. The van der Waals surface area contributed by atoms with Gasteiger partial charge >= 0.3 is 5.00 Å². The van der Waals surface area contributed by atoms with Gasteiger partial charge in [0.05, 0.1) is 21.0 Å². The molecule has 98 valence electrons. The number of pyridine rings is 1. The highest BCUT2D eigenvalue weighted by molar-refractivity contribution is 7.16. The van der Waals surface area contributed by atoms with Crippen molar-refractivity contribution in [2.45, 2.75) is 0 Å². The van der Waals surface area contributed by atoms with Crippen molar-refractivity contribution in [3.8, 4) is 0 Å². The lowest BCUT2D eigenvalue weighted by molar-refractivity contribution is -0.380. The molecule has 2 aromatic heterocycles. The molecule has 6 heteroatoms. The minimum absolute atomic E-state index is 0.117. The molecule has 0 radical (unpaired) electrons. The molecule has 0 unspecified atom stereocenters. The van der Waals surface area contributed by atoms with E-state index in [4.69, 9.17) is 0 Å². The molecule has 0 atom stereocenters. The fourth-order valence-electron chi connectivity index (χ4n) is 1.84. The predicted molar refractivity (Wildman–Crippen MR) is 80.0 cm³/mol. The number of fused-ring (bicyclic) bond motifs is 1. The van der Waals surface area contributed by atoms with E-state index in [1.165, 1.54) is 6.07 Å². The van der Waals surface area contributed by atoms with Crippen molar-refractivity contribution in [2.75, 3.05) is 0 Å². The lowest BCUT2D eigenvalue weighted by Crippen LogP contribution is -1.80. The maximum atomic E-state index is 10.6. The lowest BCUT2D eigenvalue weighted by Gasteiger charge is -1.99. The Morgan fingerprint density at radius 2 is 2.10 bits per heavy atom. The zero-order valence-electron chi connectivity index (χ0n) is 10.3. The van der Waals surface area contributed by atoms with Crippen LogP contribution in [0.2, 0.25) is 0 Å². The Morgan fingerprint density at radius 1 is 1.20 bits per heavy atom. The van der Waals surface area contributed by atoms with Gasteiger partial charge in [0.2, 0.25) is 0 Å². The van der Waals surface area contributed by atoms with Crippen molar-refractivity contribution in [3.63, 3.8) is 0 Å². The van der Waals surface area contributed by atoms with E-state index in [1.54, 1.807) is 18.5 Å². The number of benzene rings is 1. The molecular weight excluding hydrogens is 274 g/mol. The molecule has 0 aliphatic rings. The molecule has 3 aromatic rings. The van der Waals surface area contributed by atoms with Crippen LogP contribution in [0.1, 0.15) is 4.88 Å². The Balaban J connectivity index is 1.96. The van der Waals surface area contributed by atoms with Crippen molar-refractivity contribution in [1.82, 2.24) is 4.98 Å². The van der Waals surface area contributed by atoms with E-state index in [0.717, 1.165) is 32.8 Å². The maximum absolute atomic E-state index is 10.6. The quantitative estimate of drug-likeness (QED) is 0.415. The number of nitrogens with zero attached hydrogens (tertiary/aromatic N) is 3. The second-order valence-corrected chi connectivity index (χ2v) is 5.13. The number of hydrogen-bond donors (Lipinski definition) is 0. The van der Waals surface area contributed by atoms with Gasteiger partial charge in [0.15, 0.2) is 0 Å². The largest absolute Gasteiger partial charge is 0.324 e. The summed E-state index contributed by atoms with van der Waals surface area (Å²) in [5.74, 6) is 0. The SMILES string of the molecule is O=[N+]([O-])c1ccc(C=Nc2cccc3ncccc23)s1. The van der Waals surface area contributed by atoms with E-state index in [-0.39, 0.29) is 5.00 Å². The van der Waals surface area contributed by atoms with Crippen LogP contribution >= 0.6 is 11.3 Å². The standard InChI is InChI=1S/C14H9N3O2S/c18-17(19)14-7-6-10(20-14)9-16-13-5-1-4-12-11(13)3-2-8-15-12/h1-9H. The van der Waals surface area contributed by atoms with Crippen molar-refractivity contribution in [3.05, 3.63) is 63.7 Å². The molecule has 0 fully saturated rings. The maximum Gasteiger partial charge on any atom is 0.324 e. The molecular formula is C14H9N3O2S. The molecule has 2 heterocycles. The number of nitro groups is 1. The van der Waals surface area contributed by atoms with E-state index < -0.39 is 4.92 Å². The molecule has 0 aliphatic heterocycles. The lowest BCUT2D eigenvalue weighted by atomic mass is 10.2. The minimum atomic E-state index is -0.399. The number of aromatic nitrogens is 1. The summed E-state index contributed by atoms with van der Waals surface area (Å²) in [4.78, 5) is 19.6. The third-order valence-corrected chi connectivity index (χ3v) is 3.72. The first-order chi connectivity index (χ1) is 9.74. The Bertz CT molecular complexity index is 806. The van der Waals surface area contributed by atoms with Crippen LogP contribution in [0, 0.1) is 10.1 Å². The summed E-state index contributed by atoms with van der Waals surface area (Å²) >= 11 is 1.10. The summed E-state index contributed by atoms with van der Waals surface area (Å²) in [6.07, 6.45) is 3.37. The third-order valence-electron chi connectivity index (χ3n) is 2.75. The number of aliphatic imine (C=N–C) groups is 1. The van der Waals surface area contributed by atoms with Crippen LogP contribution in [0.4, 0.5) is 10.7 Å². The zero-order chi connectivity index (χ0) is 13.9. The van der Waals surface area contributed by atoms with Crippen molar-refractivity contribution >= 4 is 39.1 Å². The molecule has 0 saturated heterocycles. The highest BCUT2D eigenvalue weighted by Crippen LogP contribution is 2.26. The molecule has 3 rings (SSSR count). The summed E-state index contributed by atoms with van der Waals surface area (Å²) in [6.45, 7) is 0. The summed E-state index contributed by atoms with van der Waals surface area (Å²) in [5.41, 5.74) is 1.67. The Kier molecular flexibility index (Phi) is 3.22. The summed E-state index contributed by atoms with van der Waals surface area (Å²) < 4.78 is 0. The first-order valence-corrected chi connectivity index (χ1v) is 6.68. The van der Waals surface area contributed by atoms with Gasteiger partial charge in [-0.2, -0.15) is 0 Å². The van der Waals surface area contributed by atoms with Gasteiger partial charge in [-0.15, -0.1) is 0 Å². The van der Waals surface area contributed by atoms with E-state index >= 15 is 0 Å². The van der Waals surface area contributed by atoms with Crippen LogP contribution in [0.3, 0.4) is 0 Å². The van der Waals surface area contributed by atoms with Gasteiger partial charge in [0.25, 0.3) is 0 Å². The Morgan fingerprint density at radius 3 is 2.90 bits per heavy atom. The van der Waals surface area contributed by atoms with E-state index in [2.05, 4.69) is 9.98 Å². The monoisotopic (exact) mass is 283 g/mol. The number of thiophene rings is 1. The highest BCUT2D eigenvalue weighted by atomic mass is 32.1. The van der Waals surface area contributed by atoms with Crippen LogP contribution in [-0.2, 0) is 0 Å². The van der Waals surface area contributed by atoms with Crippen LogP contribution in [0.25, 0.3) is 10.9 Å². The topological polar surface area (TPSA) is 68.4 Å². The van der Waals surface area contributed by atoms with E-state index in [0.29, 0.717) is 0 Å². The van der Waals surface area contributed by atoms with Gasteiger partial charge < -0.3 is 0 Å². The van der Waals surface area contributed by atoms with Gasteiger partial charge in [0, 0.05) is 23.9 Å². The predicted octanol–water partition coefficient (Wildman–Crippen LogP) is 3.96. The van der Waals surface area contributed by atoms with Gasteiger partial charge in [-0.1, -0.05) is 17.4 Å². The van der Waals surface area contributed by atoms with Crippen LogP contribution in [0.5, 0.6) is 0 Å². The average molecular weight is 283 g/mol. The highest BCUT2D eigenvalue weighted by Gasteiger charge is 2.08. The number of rotatable bonds is 3. The molecule has 0 saturated carbocycles. The first-order valence-electron chi connectivity index (χ1n) is 5.86. The molecule has 1 aromatic carbocycles. The minimum Gasteiger partial charge on any atom is -0.258 e. The van der Waals surface area contributed by atoms with Crippen molar-refractivity contribution in [2.24, 2.45) is 4.99 Å². The van der Waals surface area contributed by atoms with Crippen molar-refractivity contribution < 1.29 is 4.92 Å². The second-order valence-electron chi connectivity index (χ2n) is 4.04. The fourth-order valence-corrected chi connectivity index (χ4v) is 2.54. The van der Waals surface area contributed by atoms with Gasteiger partial charge in [-0.05, 0) is 30.3 Å². The molecule has 0 bridgehead atoms. The normalized spacial score (nSPS) is 11.2. The molecule has 0 amide bonds. The second kappa shape index (κ2) is 5.18. The summed E-state index contributed by atoms with van der Waals surface area (Å²) in [5, 5.41) is 11.7. The van der Waals surface area contributed by atoms with Gasteiger partial charge in [0.1, 0.15) is 0 Å². The summed E-state index contributed by atoms with van der Waals surface area (Å²) in [7, 11) is 0. The first kappa shape index (κ1) is 12.4. The van der Waals surface area contributed by atoms with Crippen molar-refractivity contribution in [1.29, 1.82) is 0 Å². The molecule has 0 N–H and O–H groups in total. The number of hydrogen-bond acceptors (Lipinski definition) is 5. The average Bonchev–Trinajstić information content (AvgIpc) is 2.94. The molecule has 20 heavy (non-hydrogen) atoms. The fraction of sp³-hybridized carbons (Fsp3) is 0. The van der Waals surface area contributed by atoms with Gasteiger partial charge in [-0.25, -0.2) is 0 Å². The van der Waals surface area contributed by atoms with E-state index in [1.807, 2.05) is 30.3 Å². The third kappa shape index (κ3) is 2.41. The molecule has 0 aliphatic carbocycles. The van der Waals surface area contributed by atoms with Crippen LogP contribution in [-0.4, -0.2) is 16.1 Å². The molecule has 0 spiro atoms. The zero-order valence-corrected chi connectivity index (χ0v) is 11.1. The van der Waals surface area contributed by atoms with Crippen LogP contribution < -0.4 is 0 Å². The smallest absolute Gasteiger partial charge is 0.258 e. The Hall–Kier alpha value is -2.60. The van der Waals surface area contributed by atoms with E-state index in [9.17, 15) is 10.1 Å².